The van der Waals surface area contributed by atoms with E-state index < -0.39 is 0 Å². The van der Waals surface area contributed by atoms with Crippen molar-refractivity contribution in [3.05, 3.63) is 66.1 Å². The van der Waals surface area contributed by atoms with Crippen LogP contribution in [0.1, 0.15) is 17.3 Å². The van der Waals surface area contributed by atoms with Gasteiger partial charge >= 0.3 is 0 Å². The number of pyridine rings is 2. The summed E-state index contributed by atoms with van der Waals surface area (Å²) in [5, 5.41) is 18.9. The molecule has 1 aromatic carbocycles. The molecule has 0 N–H and O–H groups in total. The molecule has 120 valence electrons. The second kappa shape index (κ2) is 5.28. The zero-order valence-corrected chi connectivity index (χ0v) is 13.4. The molecule has 0 bridgehead atoms. The van der Waals surface area contributed by atoms with Gasteiger partial charge in [0.15, 0.2) is 5.65 Å². The third-order valence-corrected chi connectivity index (χ3v) is 4.73. The van der Waals surface area contributed by atoms with Gasteiger partial charge in [0.25, 0.3) is 0 Å². The Hall–Kier alpha value is -3.46. The number of nitrogens with zero attached hydrogens (tertiary/aromatic N) is 6. The van der Waals surface area contributed by atoms with Crippen LogP contribution in [0.3, 0.4) is 0 Å². The van der Waals surface area contributed by atoms with E-state index in [1.54, 1.807) is 0 Å². The van der Waals surface area contributed by atoms with Crippen molar-refractivity contribution in [2.24, 2.45) is 0 Å². The maximum Gasteiger partial charge on any atom is 0.160 e. The van der Waals surface area contributed by atoms with Crippen LogP contribution < -0.4 is 4.90 Å². The number of para-hydroxylation sites is 1. The molecule has 3 aromatic heterocycles. The second-order valence-electron chi connectivity index (χ2n) is 6.25. The van der Waals surface area contributed by atoms with Crippen molar-refractivity contribution >= 4 is 22.4 Å². The van der Waals surface area contributed by atoms with E-state index in [-0.39, 0.29) is 0 Å². The lowest BCUT2D eigenvalue weighted by Gasteiger charge is -2.39. The summed E-state index contributed by atoms with van der Waals surface area (Å²) in [4.78, 5) is 6.90. The Balaban J connectivity index is 1.45. The molecular formula is C19H14N6. The minimum atomic E-state index is 0.316. The summed E-state index contributed by atoms with van der Waals surface area (Å²) in [6.45, 7) is 1.65. The highest BCUT2D eigenvalue weighted by Gasteiger charge is 2.33. The van der Waals surface area contributed by atoms with Gasteiger partial charge in [-0.15, -0.1) is 10.2 Å². The van der Waals surface area contributed by atoms with Crippen molar-refractivity contribution in [3.8, 4) is 6.07 Å². The average Bonchev–Trinajstić information content (AvgIpc) is 3.04. The molecule has 0 unspecified atom stereocenters. The fourth-order valence-corrected chi connectivity index (χ4v) is 3.38. The van der Waals surface area contributed by atoms with Crippen molar-refractivity contribution in [2.45, 2.75) is 5.92 Å². The monoisotopic (exact) mass is 326 g/mol. The SMILES string of the molecule is N#Cc1cc(N2CC(c3nnc4ccccn34)C2)nc2ccccc12. The van der Waals surface area contributed by atoms with Crippen LogP contribution >= 0.6 is 0 Å². The maximum absolute atomic E-state index is 9.44. The van der Waals surface area contributed by atoms with E-state index in [1.165, 1.54) is 0 Å². The zero-order valence-electron chi connectivity index (χ0n) is 13.4. The smallest absolute Gasteiger partial charge is 0.160 e. The highest BCUT2D eigenvalue weighted by Crippen LogP contribution is 2.32. The Morgan fingerprint density at radius 2 is 1.88 bits per heavy atom. The molecule has 6 heteroatoms. The molecule has 0 spiro atoms. The number of anilines is 1. The summed E-state index contributed by atoms with van der Waals surface area (Å²) in [5.74, 6) is 2.14. The Labute approximate surface area is 144 Å². The standard InChI is InChI=1S/C19H14N6/c20-10-13-9-18(21-16-6-2-1-5-15(13)16)24-11-14(12-24)19-23-22-17-7-3-4-8-25(17)19/h1-9,14H,11-12H2. The molecule has 4 heterocycles. The first-order valence-electron chi connectivity index (χ1n) is 8.18. The molecule has 0 radical (unpaired) electrons. The largest absolute Gasteiger partial charge is 0.355 e. The van der Waals surface area contributed by atoms with Crippen LogP contribution in [0.2, 0.25) is 0 Å². The van der Waals surface area contributed by atoms with Gasteiger partial charge in [0.1, 0.15) is 11.6 Å². The first-order chi connectivity index (χ1) is 12.3. The highest BCUT2D eigenvalue weighted by atomic mass is 15.3. The number of benzene rings is 1. The molecule has 4 aromatic rings. The number of nitriles is 1. The van der Waals surface area contributed by atoms with Crippen LogP contribution in [0.4, 0.5) is 5.82 Å². The molecule has 1 aliphatic heterocycles. The number of fused-ring (bicyclic) bond motifs is 2. The van der Waals surface area contributed by atoms with Gasteiger partial charge < -0.3 is 4.90 Å². The van der Waals surface area contributed by atoms with Gasteiger partial charge in [-0.05, 0) is 24.3 Å². The molecule has 6 nitrogen and oxygen atoms in total. The normalized spacial score (nSPS) is 14.6. The van der Waals surface area contributed by atoms with Gasteiger partial charge in [0, 0.05) is 24.7 Å². The maximum atomic E-state index is 9.44. The first kappa shape index (κ1) is 13.9. The molecule has 0 atom stereocenters. The lowest BCUT2D eigenvalue weighted by Crippen LogP contribution is -2.46. The summed E-state index contributed by atoms with van der Waals surface area (Å²) in [6, 6.07) is 17.8. The fourth-order valence-electron chi connectivity index (χ4n) is 3.38. The van der Waals surface area contributed by atoms with Crippen LogP contribution in [0.25, 0.3) is 16.6 Å². The lowest BCUT2D eigenvalue weighted by molar-refractivity contribution is 0.493. The van der Waals surface area contributed by atoms with Gasteiger partial charge in [-0.25, -0.2) is 4.98 Å². The lowest BCUT2D eigenvalue weighted by atomic mass is 9.98. The first-order valence-corrected chi connectivity index (χ1v) is 8.18. The Morgan fingerprint density at radius 1 is 1.04 bits per heavy atom. The van der Waals surface area contributed by atoms with Crippen LogP contribution in [0, 0.1) is 11.3 Å². The van der Waals surface area contributed by atoms with Crippen molar-refractivity contribution in [1.82, 2.24) is 19.6 Å². The molecule has 5 rings (SSSR count). The van der Waals surface area contributed by atoms with E-state index in [1.807, 2.05) is 59.1 Å². The van der Waals surface area contributed by atoms with E-state index in [0.29, 0.717) is 11.5 Å². The molecule has 25 heavy (non-hydrogen) atoms. The van der Waals surface area contributed by atoms with E-state index in [0.717, 1.165) is 41.3 Å². The van der Waals surface area contributed by atoms with Crippen LogP contribution in [0.15, 0.2) is 54.7 Å². The van der Waals surface area contributed by atoms with Gasteiger partial charge in [-0.3, -0.25) is 4.40 Å². The molecule has 1 aliphatic rings. The highest BCUT2D eigenvalue weighted by molar-refractivity contribution is 5.86. The number of rotatable bonds is 2. The van der Waals surface area contributed by atoms with Crippen molar-refractivity contribution < 1.29 is 0 Å². The zero-order chi connectivity index (χ0) is 16.8. The molecular weight excluding hydrogens is 312 g/mol. The van der Waals surface area contributed by atoms with Gasteiger partial charge in [0.05, 0.1) is 23.1 Å². The molecule has 0 aliphatic carbocycles. The number of hydrogen-bond donors (Lipinski definition) is 0. The summed E-state index contributed by atoms with van der Waals surface area (Å²) in [7, 11) is 0. The van der Waals surface area contributed by atoms with E-state index in [2.05, 4.69) is 21.2 Å². The van der Waals surface area contributed by atoms with Crippen molar-refractivity contribution in [3.63, 3.8) is 0 Å². The van der Waals surface area contributed by atoms with E-state index >= 15 is 0 Å². The summed E-state index contributed by atoms with van der Waals surface area (Å²) >= 11 is 0. The summed E-state index contributed by atoms with van der Waals surface area (Å²) < 4.78 is 2.04. The third-order valence-electron chi connectivity index (χ3n) is 4.73. The third kappa shape index (κ3) is 2.13. The number of hydrogen-bond acceptors (Lipinski definition) is 5. The molecule has 1 fully saturated rings. The van der Waals surface area contributed by atoms with Gasteiger partial charge in [0.2, 0.25) is 0 Å². The topological polar surface area (TPSA) is 70.1 Å². The Kier molecular flexibility index (Phi) is 2.94. The molecule has 0 saturated carbocycles. The minimum absolute atomic E-state index is 0.316. The van der Waals surface area contributed by atoms with Gasteiger partial charge in [-0.1, -0.05) is 24.3 Å². The van der Waals surface area contributed by atoms with Crippen molar-refractivity contribution in [2.75, 3.05) is 18.0 Å². The van der Waals surface area contributed by atoms with Gasteiger partial charge in [-0.2, -0.15) is 5.26 Å². The average molecular weight is 326 g/mol. The minimum Gasteiger partial charge on any atom is -0.355 e. The van der Waals surface area contributed by atoms with E-state index in [9.17, 15) is 5.26 Å². The Bertz CT molecular complexity index is 1130. The summed E-state index contributed by atoms with van der Waals surface area (Å²) in [5.41, 5.74) is 2.39. The van der Waals surface area contributed by atoms with Crippen molar-refractivity contribution in [1.29, 1.82) is 5.26 Å². The summed E-state index contributed by atoms with van der Waals surface area (Å²) in [6.07, 6.45) is 2.00. The van der Waals surface area contributed by atoms with Crippen LogP contribution in [-0.4, -0.2) is 32.7 Å². The molecule has 0 amide bonds. The molecule has 1 saturated heterocycles. The van der Waals surface area contributed by atoms with Crippen LogP contribution in [0.5, 0.6) is 0 Å². The number of aromatic nitrogens is 4. The van der Waals surface area contributed by atoms with Crippen LogP contribution in [-0.2, 0) is 0 Å². The predicted octanol–water partition coefficient (Wildman–Crippen LogP) is 2.75. The second-order valence-corrected chi connectivity index (χ2v) is 6.25. The van der Waals surface area contributed by atoms with E-state index in [4.69, 9.17) is 4.98 Å². The fraction of sp³-hybridized carbons (Fsp3) is 0.158. The predicted molar refractivity (Wildman–Crippen MR) is 94.4 cm³/mol. The quantitative estimate of drug-likeness (QED) is 0.566. The Morgan fingerprint density at radius 3 is 2.76 bits per heavy atom.